The second kappa shape index (κ2) is 5.64. The molecule has 0 spiro atoms. The van der Waals surface area contributed by atoms with Gasteiger partial charge in [0.25, 0.3) is 0 Å². The van der Waals surface area contributed by atoms with Crippen LogP contribution >= 0.6 is 0 Å². The smallest absolute Gasteiger partial charge is 0.237 e. The standard InChI is InChI=1S/C12H26N2O2/c1-7-12(6,8-15)13-9(2)10(16)14-11(3,4)5/h9,13,15H,7-8H2,1-6H3,(H,14,16). The molecular formula is C12H26N2O2. The van der Waals surface area contributed by atoms with Gasteiger partial charge in [-0.25, -0.2) is 0 Å². The molecule has 0 aliphatic carbocycles. The summed E-state index contributed by atoms with van der Waals surface area (Å²) < 4.78 is 0. The van der Waals surface area contributed by atoms with Gasteiger partial charge in [-0.15, -0.1) is 0 Å². The van der Waals surface area contributed by atoms with Crippen LogP contribution in [0, 0.1) is 0 Å². The average Bonchev–Trinajstić information content (AvgIpc) is 2.15. The van der Waals surface area contributed by atoms with Crippen molar-refractivity contribution in [3.05, 3.63) is 0 Å². The van der Waals surface area contributed by atoms with Crippen molar-refractivity contribution in [1.29, 1.82) is 0 Å². The van der Waals surface area contributed by atoms with Crippen molar-refractivity contribution in [2.75, 3.05) is 6.61 Å². The van der Waals surface area contributed by atoms with Gasteiger partial charge in [0.1, 0.15) is 0 Å². The first-order valence-corrected chi connectivity index (χ1v) is 5.84. The number of nitrogens with one attached hydrogen (secondary N) is 2. The minimum absolute atomic E-state index is 0.0244. The molecule has 96 valence electrons. The molecule has 1 amide bonds. The highest BCUT2D eigenvalue weighted by atomic mass is 16.3. The SMILES string of the molecule is CCC(C)(CO)NC(C)C(=O)NC(C)(C)C. The van der Waals surface area contributed by atoms with E-state index in [4.69, 9.17) is 0 Å². The number of carbonyl (C=O) groups excluding carboxylic acids is 1. The summed E-state index contributed by atoms with van der Waals surface area (Å²) in [6.07, 6.45) is 0.774. The van der Waals surface area contributed by atoms with Gasteiger partial charge >= 0.3 is 0 Å². The maximum Gasteiger partial charge on any atom is 0.237 e. The normalized spacial score (nSPS) is 17.7. The summed E-state index contributed by atoms with van der Waals surface area (Å²) in [6, 6.07) is -0.309. The molecule has 0 fully saturated rings. The van der Waals surface area contributed by atoms with Gasteiger partial charge in [0.15, 0.2) is 0 Å². The molecule has 3 N–H and O–H groups in total. The van der Waals surface area contributed by atoms with Crippen molar-refractivity contribution >= 4 is 5.91 Å². The summed E-state index contributed by atoms with van der Waals surface area (Å²) in [5.74, 6) is -0.0411. The van der Waals surface area contributed by atoms with Crippen molar-refractivity contribution in [2.24, 2.45) is 0 Å². The molecule has 0 bridgehead atoms. The number of carbonyl (C=O) groups is 1. The lowest BCUT2D eigenvalue weighted by atomic mass is 9.98. The van der Waals surface area contributed by atoms with Crippen molar-refractivity contribution in [1.82, 2.24) is 10.6 Å². The number of amides is 1. The number of aliphatic hydroxyl groups is 1. The van der Waals surface area contributed by atoms with Crippen LogP contribution in [0.1, 0.15) is 48.0 Å². The Morgan fingerprint density at radius 1 is 1.31 bits per heavy atom. The number of hydrogen-bond donors (Lipinski definition) is 3. The van der Waals surface area contributed by atoms with E-state index in [0.717, 1.165) is 6.42 Å². The zero-order chi connectivity index (χ0) is 13.0. The maximum atomic E-state index is 11.8. The van der Waals surface area contributed by atoms with Crippen LogP contribution in [0.15, 0.2) is 0 Å². The molecular weight excluding hydrogens is 204 g/mol. The molecule has 0 aromatic rings. The Balaban J connectivity index is 4.36. The van der Waals surface area contributed by atoms with Crippen LogP contribution in [-0.2, 0) is 4.79 Å². The average molecular weight is 230 g/mol. The fourth-order valence-electron chi connectivity index (χ4n) is 1.33. The quantitative estimate of drug-likeness (QED) is 0.661. The van der Waals surface area contributed by atoms with Crippen LogP contribution in [-0.4, -0.2) is 34.7 Å². The number of hydrogen-bond acceptors (Lipinski definition) is 3. The van der Waals surface area contributed by atoms with Gasteiger partial charge in [0.2, 0.25) is 5.91 Å². The van der Waals surface area contributed by atoms with Crippen LogP contribution in [0.3, 0.4) is 0 Å². The summed E-state index contributed by atoms with van der Waals surface area (Å²) in [4.78, 5) is 11.8. The van der Waals surface area contributed by atoms with Crippen molar-refractivity contribution in [2.45, 2.75) is 65.1 Å². The van der Waals surface area contributed by atoms with Gasteiger partial charge in [-0.3, -0.25) is 10.1 Å². The molecule has 0 aromatic heterocycles. The number of aliphatic hydroxyl groups excluding tert-OH is 1. The lowest BCUT2D eigenvalue weighted by molar-refractivity contribution is -0.124. The van der Waals surface area contributed by atoms with Gasteiger partial charge in [-0.1, -0.05) is 6.92 Å². The molecule has 0 saturated heterocycles. The summed E-state index contributed by atoms with van der Waals surface area (Å²) in [5, 5.41) is 15.3. The fraction of sp³-hybridized carbons (Fsp3) is 0.917. The zero-order valence-corrected chi connectivity index (χ0v) is 11.3. The summed E-state index contributed by atoms with van der Waals surface area (Å²) in [6.45, 7) is 11.6. The Labute approximate surface area is 98.8 Å². The zero-order valence-electron chi connectivity index (χ0n) is 11.3. The highest BCUT2D eigenvalue weighted by Gasteiger charge is 2.27. The first kappa shape index (κ1) is 15.4. The monoisotopic (exact) mass is 230 g/mol. The minimum Gasteiger partial charge on any atom is -0.394 e. The van der Waals surface area contributed by atoms with Crippen LogP contribution in [0.25, 0.3) is 0 Å². The second-order valence-electron chi connectivity index (χ2n) is 5.68. The van der Waals surface area contributed by atoms with Crippen molar-refractivity contribution < 1.29 is 9.90 Å². The van der Waals surface area contributed by atoms with Crippen LogP contribution in [0.5, 0.6) is 0 Å². The maximum absolute atomic E-state index is 11.8. The topological polar surface area (TPSA) is 61.4 Å². The molecule has 0 aliphatic rings. The summed E-state index contributed by atoms with van der Waals surface area (Å²) in [7, 11) is 0. The lowest BCUT2D eigenvalue weighted by Crippen LogP contribution is -2.56. The highest BCUT2D eigenvalue weighted by molar-refractivity contribution is 5.82. The van der Waals surface area contributed by atoms with E-state index in [1.165, 1.54) is 0 Å². The molecule has 2 atom stereocenters. The van der Waals surface area contributed by atoms with Crippen LogP contribution < -0.4 is 10.6 Å². The fourth-order valence-corrected chi connectivity index (χ4v) is 1.33. The van der Waals surface area contributed by atoms with Crippen LogP contribution in [0.4, 0.5) is 0 Å². The Morgan fingerprint density at radius 3 is 2.12 bits per heavy atom. The van der Waals surface area contributed by atoms with E-state index in [9.17, 15) is 9.90 Å². The molecule has 0 radical (unpaired) electrons. The third-order valence-electron chi connectivity index (χ3n) is 2.59. The first-order chi connectivity index (χ1) is 7.13. The summed E-state index contributed by atoms with van der Waals surface area (Å²) in [5.41, 5.74) is -0.622. The van der Waals surface area contributed by atoms with Gasteiger partial charge in [0, 0.05) is 11.1 Å². The Hall–Kier alpha value is -0.610. The predicted octanol–water partition coefficient (Wildman–Crippen LogP) is 1.04. The van der Waals surface area contributed by atoms with Gasteiger partial charge in [0.05, 0.1) is 12.6 Å². The predicted molar refractivity (Wildman–Crippen MR) is 66.3 cm³/mol. The second-order valence-corrected chi connectivity index (χ2v) is 5.68. The van der Waals surface area contributed by atoms with Gasteiger partial charge in [-0.2, -0.15) is 0 Å². The molecule has 4 nitrogen and oxygen atoms in total. The van der Waals surface area contributed by atoms with E-state index in [1.54, 1.807) is 0 Å². The first-order valence-electron chi connectivity index (χ1n) is 5.84. The minimum atomic E-state index is -0.394. The lowest BCUT2D eigenvalue weighted by Gasteiger charge is -2.32. The molecule has 16 heavy (non-hydrogen) atoms. The van der Waals surface area contributed by atoms with Gasteiger partial charge < -0.3 is 10.4 Å². The third-order valence-corrected chi connectivity index (χ3v) is 2.59. The van der Waals surface area contributed by atoms with E-state index >= 15 is 0 Å². The Bertz CT molecular complexity index is 230. The molecule has 4 heteroatoms. The summed E-state index contributed by atoms with van der Waals surface area (Å²) >= 11 is 0. The van der Waals surface area contributed by atoms with E-state index in [0.29, 0.717) is 0 Å². The van der Waals surface area contributed by atoms with E-state index < -0.39 is 5.54 Å². The molecule has 2 unspecified atom stereocenters. The van der Waals surface area contributed by atoms with Crippen molar-refractivity contribution in [3.63, 3.8) is 0 Å². The Morgan fingerprint density at radius 2 is 1.81 bits per heavy atom. The van der Waals surface area contributed by atoms with Crippen LogP contribution in [0.2, 0.25) is 0 Å². The molecule has 0 rings (SSSR count). The highest BCUT2D eigenvalue weighted by Crippen LogP contribution is 2.09. The van der Waals surface area contributed by atoms with Gasteiger partial charge in [-0.05, 0) is 41.0 Å². The Kier molecular flexibility index (Phi) is 5.42. The number of rotatable bonds is 5. The molecule has 0 heterocycles. The largest absolute Gasteiger partial charge is 0.394 e. The molecule has 0 aliphatic heterocycles. The molecule has 0 saturated carbocycles. The van der Waals surface area contributed by atoms with E-state index in [2.05, 4.69) is 10.6 Å². The van der Waals surface area contributed by atoms with E-state index in [-0.39, 0.29) is 24.1 Å². The third kappa shape index (κ3) is 5.47. The van der Waals surface area contributed by atoms with E-state index in [1.807, 2.05) is 41.5 Å². The van der Waals surface area contributed by atoms with Crippen molar-refractivity contribution in [3.8, 4) is 0 Å². The molecule has 0 aromatic carbocycles.